The number of nitrogens with one attached hydrogen (secondary N) is 1. The first-order valence-electron chi connectivity index (χ1n) is 6.87. The summed E-state index contributed by atoms with van der Waals surface area (Å²) in [5, 5.41) is 12.9. The van der Waals surface area contributed by atoms with E-state index in [1.54, 1.807) is 18.2 Å². The van der Waals surface area contributed by atoms with Gasteiger partial charge in [0.15, 0.2) is 0 Å². The van der Waals surface area contributed by atoms with Crippen molar-refractivity contribution in [2.45, 2.75) is 32.1 Å². The lowest BCUT2D eigenvalue weighted by molar-refractivity contribution is -0.148. The minimum absolute atomic E-state index is 0.159. The standard InChI is InChI=1S/C15H17Cl2NO3/c16-11-4-3-10(7-12(11)17)8-13(19)18-9-15(14(20)21)5-1-2-6-15/h3-4,7H,1-2,5-6,8-9H2,(H,18,19)(H,20,21). The lowest BCUT2D eigenvalue weighted by Gasteiger charge is -2.24. The van der Waals surface area contributed by atoms with Crippen LogP contribution in [-0.4, -0.2) is 23.5 Å². The number of benzene rings is 1. The number of aliphatic carboxylic acids is 1. The molecule has 1 aromatic rings. The summed E-state index contributed by atoms with van der Waals surface area (Å²) < 4.78 is 0. The maximum atomic E-state index is 12.0. The lowest BCUT2D eigenvalue weighted by Crippen LogP contribution is -2.41. The molecule has 0 aromatic heterocycles. The highest BCUT2D eigenvalue weighted by Gasteiger charge is 2.41. The number of amides is 1. The summed E-state index contributed by atoms with van der Waals surface area (Å²) in [6, 6.07) is 5.02. The number of carbonyl (C=O) groups excluding carboxylic acids is 1. The minimum Gasteiger partial charge on any atom is -0.481 e. The fraction of sp³-hybridized carbons (Fsp3) is 0.467. The monoisotopic (exact) mass is 329 g/mol. The van der Waals surface area contributed by atoms with Crippen LogP contribution in [0.1, 0.15) is 31.2 Å². The molecule has 1 amide bonds. The summed E-state index contributed by atoms with van der Waals surface area (Å²) in [7, 11) is 0. The van der Waals surface area contributed by atoms with Crippen LogP contribution in [0.2, 0.25) is 10.0 Å². The van der Waals surface area contributed by atoms with Gasteiger partial charge in [0.25, 0.3) is 0 Å². The highest BCUT2D eigenvalue weighted by atomic mass is 35.5. The molecule has 2 N–H and O–H groups in total. The molecule has 0 atom stereocenters. The molecule has 0 unspecified atom stereocenters. The van der Waals surface area contributed by atoms with Gasteiger partial charge in [0.1, 0.15) is 0 Å². The van der Waals surface area contributed by atoms with Crippen molar-refractivity contribution >= 4 is 35.1 Å². The summed E-state index contributed by atoms with van der Waals surface area (Å²) in [4.78, 5) is 23.3. The fourth-order valence-corrected chi connectivity index (χ4v) is 3.00. The Morgan fingerprint density at radius 1 is 1.19 bits per heavy atom. The Morgan fingerprint density at radius 2 is 1.86 bits per heavy atom. The zero-order valence-corrected chi connectivity index (χ0v) is 13.0. The van der Waals surface area contributed by atoms with Gasteiger partial charge in [0.2, 0.25) is 5.91 Å². The summed E-state index contributed by atoms with van der Waals surface area (Å²) in [5.41, 5.74) is -0.0504. The van der Waals surface area contributed by atoms with Gasteiger partial charge in [-0.25, -0.2) is 0 Å². The van der Waals surface area contributed by atoms with Crippen LogP contribution in [0.25, 0.3) is 0 Å². The van der Waals surface area contributed by atoms with Crippen LogP contribution in [0.3, 0.4) is 0 Å². The third kappa shape index (κ3) is 3.89. The number of halogens is 2. The van der Waals surface area contributed by atoms with E-state index in [0.717, 1.165) is 18.4 Å². The van der Waals surface area contributed by atoms with Gasteiger partial charge in [0.05, 0.1) is 21.9 Å². The van der Waals surface area contributed by atoms with Crippen LogP contribution >= 0.6 is 23.2 Å². The molecule has 0 saturated heterocycles. The third-order valence-corrected chi connectivity index (χ3v) is 4.73. The van der Waals surface area contributed by atoms with E-state index in [9.17, 15) is 14.7 Å². The van der Waals surface area contributed by atoms with Gasteiger partial charge in [-0.3, -0.25) is 9.59 Å². The van der Waals surface area contributed by atoms with Gasteiger partial charge in [-0.05, 0) is 30.5 Å². The normalized spacial score (nSPS) is 16.7. The van der Waals surface area contributed by atoms with E-state index in [2.05, 4.69) is 5.32 Å². The highest BCUT2D eigenvalue weighted by molar-refractivity contribution is 6.42. The largest absolute Gasteiger partial charge is 0.481 e. The number of hydrogen-bond acceptors (Lipinski definition) is 2. The quantitative estimate of drug-likeness (QED) is 0.870. The maximum absolute atomic E-state index is 12.0. The second kappa shape index (κ2) is 6.67. The first-order chi connectivity index (χ1) is 9.93. The van der Waals surface area contributed by atoms with Crippen molar-refractivity contribution < 1.29 is 14.7 Å². The lowest BCUT2D eigenvalue weighted by atomic mass is 9.86. The Hall–Kier alpha value is -1.26. The molecule has 1 aromatic carbocycles. The molecular weight excluding hydrogens is 313 g/mol. The molecule has 0 radical (unpaired) electrons. The molecule has 2 rings (SSSR count). The average molecular weight is 330 g/mol. The Balaban J connectivity index is 1.92. The van der Waals surface area contributed by atoms with Gasteiger partial charge in [-0.1, -0.05) is 42.1 Å². The summed E-state index contributed by atoms with van der Waals surface area (Å²) in [5.74, 6) is -1.03. The maximum Gasteiger partial charge on any atom is 0.311 e. The number of hydrogen-bond donors (Lipinski definition) is 2. The Morgan fingerprint density at radius 3 is 2.43 bits per heavy atom. The van der Waals surface area contributed by atoms with E-state index >= 15 is 0 Å². The van der Waals surface area contributed by atoms with Crippen molar-refractivity contribution in [3.8, 4) is 0 Å². The van der Waals surface area contributed by atoms with Crippen molar-refractivity contribution in [1.29, 1.82) is 0 Å². The van der Waals surface area contributed by atoms with Crippen molar-refractivity contribution in [3.05, 3.63) is 33.8 Å². The van der Waals surface area contributed by atoms with Crippen LogP contribution in [0, 0.1) is 5.41 Å². The molecule has 0 aliphatic heterocycles. The molecule has 6 heteroatoms. The molecule has 0 heterocycles. The number of rotatable bonds is 5. The minimum atomic E-state index is -0.824. The van der Waals surface area contributed by atoms with E-state index in [0.29, 0.717) is 22.9 Å². The molecule has 1 aliphatic rings. The van der Waals surface area contributed by atoms with Gasteiger partial charge >= 0.3 is 5.97 Å². The smallest absolute Gasteiger partial charge is 0.311 e. The Bertz CT molecular complexity index is 554. The van der Waals surface area contributed by atoms with E-state index in [-0.39, 0.29) is 18.9 Å². The van der Waals surface area contributed by atoms with Crippen LogP contribution in [0.4, 0.5) is 0 Å². The zero-order valence-electron chi connectivity index (χ0n) is 11.5. The van der Waals surface area contributed by atoms with Crippen LogP contribution < -0.4 is 5.32 Å². The molecular formula is C15H17Cl2NO3. The molecule has 1 aliphatic carbocycles. The van der Waals surface area contributed by atoms with Crippen molar-refractivity contribution in [2.75, 3.05) is 6.54 Å². The molecule has 4 nitrogen and oxygen atoms in total. The molecule has 1 fully saturated rings. The first-order valence-corrected chi connectivity index (χ1v) is 7.63. The van der Waals surface area contributed by atoms with Crippen molar-refractivity contribution in [3.63, 3.8) is 0 Å². The molecule has 0 bridgehead atoms. The summed E-state index contributed by atoms with van der Waals surface area (Å²) in [6.45, 7) is 0.183. The molecule has 114 valence electrons. The Labute approximate surface area is 133 Å². The summed E-state index contributed by atoms with van der Waals surface area (Å²) >= 11 is 11.7. The number of carboxylic acid groups (broad SMARTS) is 1. The van der Waals surface area contributed by atoms with Gasteiger partial charge < -0.3 is 10.4 Å². The zero-order chi connectivity index (χ0) is 15.5. The average Bonchev–Trinajstić information content (AvgIpc) is 2.91. The molecule has 1 saturated carbocycles. The second-order valence-electron chi connectivity index (χ2n) is 5.49. The van der Waals surface area contributed by atoms with Crippen LogP contribution in [0.15, 0.2) is 18.2 Å². The topological polar surface area (TPSA) is 66.4 Å². The fourth-order valence-electron chi connectivity index (χ4n) is 2.68. The van der Waals surface area contributed by atoms with Crippen LogP contribution in [-0.2, 0) is 16.0 Å². The van der Waals surface area contributed by atoms with E-state index in [4.69, 9.17) is 23.2 Å². The van der Waals surface area contributed by atoms with E-state index in [1.165, 1.54) is 0 Å². The van der Waals surface area contributed by atoms with Crippen molar-refractivity contribution in [1.82, 2.24) is 5.32 Å². The van der Waals surface area contributed by atoms with Gasteiger partial charge in [0, 0.05) is 6.54 Å². The summed E-state index contributed by atoms with van der Waals surface area (Å²) in [6.07, 6.45) is 3.20. The van der Waals surface area contributed by atoms with Crippen LogP contribution in [0.5, 0.6) is 0 Å². The first kappa shape index (κ1) is 16.1. The second-order valence-corrected chi connectivity index (χ2v) is 6.31. The molecule has 0 spiro atoms. The predicted octanol–water partition coefficient (Wildman–Crippen LogP) is 3.30. The SMILES string of the molecule is O=C(Cc1ccc(Cl)c(Cl)c1)NCC1(C(=O)O)CCCC1. The van der Waals surface area contributed by atoms with Gasteiger partial charge in [-0.2, -0.15) is 0 Å². The van der Waals surface area contributed by atoms with E-state index < -0.39 is 11.4 Å². The number of carbonyl (C=O) groups is 2. The predicted molar refractivity (Wildman–Crippen MR) is 81.7 cm³/mol. The third-order valence-electron chi connectivity index (χ3n) is 3.99. The Kier molecular flexibility index (Phi) is 5.12. The molecule has 21 heavy (non-hydrogen) atoms. The highest BCUT2D eigenvalue weighted by Crippen LogP contribution is 2.37. The number of carboxylic acids is 1. The van der Waals surface area contributed by atoms with Gasteiger partial charge in [-0.15, -0.1) is 0 Å². The van der Waals surface area contributed by atoms with Crippen molar-refractivity contribution in [2.24, 2.45) is 5.41 Å². The van der Waals surface area contributed by atoms with E-state index in [1.807, 2.05) is 0 Å².